The Kier molecular flexibility index (Phi) is 5.83. The molecule has 1 amide bonds. The Morgan fingerprint density at radius 1 is 1.35 bits per heavy atom. The molecule has 1 rings (SSSR count). The van der Waals surface area contributed by atoms with Crippen LogP contribution in [0.3, 0.4) is 0 Å². The van der Waals surface area contributed by atoms with E-state index in [2.05, 4.69) is 21.2 Å². The first-order chi connectivity index (χ1) is 9.34. The zero-order valence-electron chi connectivity index (χ0n) is 12.1. The number of benzene rings is 1. The summed E-state index contributed by atoms with van der Waals surface area (Å²) in [7, 11) is 3.04. The molecule has 0 aliphatic rings. The molecule has 0 heterocycles. The minimum Gasteiger partial charge on any atom is -0.497 e. The van der Waals surface area contributed by atoms with E-state index in [1.807, 2.05) is 13.8 Å². The number of carbonyl (C=O) groups excluding carboxylic acids is 1. The van der Waals surface area contributed by atoms with Gasteiger partial charge in [-0.05, 0) is 48.3 Å². The summed E-state index contributed by atoms with van der Waals surface area (Å²) < 4.78 is 11.1. The van der Waals surface area contributed by atoms with Crippen LogP contribution in [0.2, 0.25) is 0 Å². The second kappa shape index (κ2) is 6.95. The molecule has 0 aliphatic carbocycles. The number of ether oxygens (including phenoxy) is 2. The fourth-order valence-corrected chi connectivity index (χ4v) is 2.38. The van der Waals surface area contributed by atoms with E-state index < -0.39 is 5.54 Å². The lowest BCUT2D eigenvalue weighted by molar-refractivity contribution is 0.0896. The lowest BCUT2D eigenvalue weighted by Gasteiger charge is -2.26. The number of hydrogen-bond donors (Lipinski definition) is 2. The van der Waals surface area contributed by atoms with Crippen LogP contribution < -0.4 is 14.8 Å². The molecule has 6 heteroatoms. The zero-order chi connectivity index (χ0) is 15.3. The van der Waals surface area contributed by atoms with Gasteiger partial charge in [-0.15, -0.1) is 0 Å². The van der Waals surface area contributed by atoms with Crippen LogP contribution >= 0.6 is 15.9 Å². The van der Waals surface area contributed by atoms with Crippen molar-refractivity contribution >= 4 is 21.8 Å². The largest absolute Gasteiger partial charge is 0.497 e. The zero-order valence-corrected chi connectivity index (χ0v) is 13.7. The van der Waals surface area contributed by atoms with Gasteiger partial charge >= 0.3 is 0 Å². The highest BCUT2D eigenvalue weighted by Gasteiger charge is 2.24. The minimum atomic E-state index is -0.508. The molecule has 20 heavy (non-hydrogen) atoms. The third-order valence-corrected chi connectivity index (χ3v) is 3.48. The van der Waals surface area contributed by atoms with E-state index in [9.17, 15) is 4.79 Å². The molecule has 0 radical (unpaired) electrons. The summed E-state index contributed by atoms with van der Waals surface area (Å²) in [6, 6.07) is 3.35. The maximum absolute atomic E-state index is 12.4. The van der Waals surface area contributed by atoms with Crippen molar-refractivity contribution in [3.63, 3.8) is 0 Å². The fourth-order valence-electron chi connectivity index (χ4n) is 1.78. The number of amides is 1. The first-order valence-corrected chi connectivity index (χ1v) is 6.99. The molecule has 0 spiro atoms. The van der Waals surface area contributed by atoms with Crippen LogP contribution in [0.1, 0.15) is 30.6 Å². The molecular formula is C14H20BrNO4. The molecule has 0 aromatic heterocycles. The van der Waals surface area contributed by atoms with E-state index in [4.69, 9.17) is 14.6 Å². The Bertz CT molecular complexity index is 488. The summed E-state index contributed by atoms with van der Waals surface area (Å²) in [6.07, 6.45) is 0.464. The van der Waals surface area contributed by atoms with Crippen LogP contribution in [0.5, 0.6) is 11.5 Å². The molecule has 0 unspecified atom stereocenters. The number of methoxy groups -OCH3 is 2. The van der Waals surface area contributed by atoms with E-state index >= 15 is 0 Å². The van der Waals surface area contributed by atoms with Crippen molar-refractivity contribution in [3.05, 3.63) is 22.2 Å². The Labute approximate surface area is 127 Å². The average Bonchev–Trinajstić information content (AvgIpc) is 2.36. The number of rotatable bonds is 6. The Hall–Kier alpha value is -1.27. The standard InChI is InChI=1S/C14H20BrNO4/c1-14(2,5-6-17)16-13(18)10-7-9(19-3)8-11(15)12(10)20-4/h7-8,17H,5-6H2,1-4H3,(H,16,18). The molecular weight excluding hydrogens is 326 g/mol. The van der Waals surface area contributed by atoms with Gasteiger partial charge in [0.05, 0.1) is 24.3 Å². The Balaban J connectivity index is 3.11. The van der Waals surface area contributed by atoms with Crippen LogP contribution in [0.15, 0.2) is 16.6 Å². The second-order valence-electron chi connectivity index (χ2n) is 5.00. The van der Waals surface area contributed by atoms with Crippen LogP contribution in [0, 0.1) is 0 Å². The first kappa shape index (κ1) is 16.8. The SMILES string of the molecule is COc1cc(Br)c(OC)c(C(=O)NC(C)(C)CCO)c1. The van der Waals surface area contributed by atoms with E-state index in [1.54, 1.807) is 12.1 Å². The summed E-state index contributed by atoms with van der Waals surface area (Å²) in [5, 5.41) is 11.9. The van der Waals surface area contributed by atoms with Gasteiger partial charge in [-0.1, -0.05) is 0 Å². The van der Waals surface area contributed by atoms with Gasteiger partial charge in [-0.25, -0.2) is 0 Å². The van der Waals surface area contributed by atoms with Crippen molar-refractivity contribution < 1.29 is 19.4 Å². The molecule has 1 aromatic rings. The highest BCUT2D eigenvalue weighted by molar-refractivity contribution is 9.10. The van der Waals surface area contributed by atoms with Crippen molar-refractivity contribution in [1.82, 2.24) is 5.32 Å². The number of nitrogens with one attached hydrogen (secondary N) is 1. The number of carbonyl (C=O) groups is 1. The summed E-state index contributed by atoms with van der Waals surface area (Å²) in [6.45, 7) is 3.71. The van der Waals surface area contributed by atoms with Crippen molar-refractivity contribution in [3.8, 4) is 11.5 Å². The van der Waals surface area contributed by atoms with E-state index in [0.717, 1.165) is 0 Å². The normalized spacial score (nSPS) is 11.1. The Morgan fingerprint density at radius 2 is 2.00 bits per heavy atom. The molecule has 112 valence electrons. The highest BCUT2D eigenvalue weighted by atomic mass is 79.9. The number of halogens is 1. The number of aliphatic hydroxyl groups excluding tert-OH is 1. The van der Waals surface area contributed by atoms with Gasteiger partial charge in [0.2, 0.25) is 0 Å². The van der Waals surface area contributed by atoms with Crippen LogP contribution in [-0.4, -0.2) is 37.4 Å². The molecule has 0 atom stereocenters. The quantitative estimate of drug-likeness (QED) is 0.830. The van der Waals surface area contributed by atoms with Gasteiger partial charge in [0.15, 0.2) is 0 Å². The second-order valence-corrected chi connectivity index (χ2v) is 5.86. The predicted octanol–water partition coefficient (Wildman–Crippen LogP) is 2.36. The lowest BCUT2D eigenvalue weighted by Crippen LogP contribution is -2.44. The monoisotopic (exact) mass is 345 g/mol. The molecule has 2 N–H and O–H groups in total. The summed E-state index contributed by atoms with van der Waals surface area (Å²) in [5.74, 6) is 0.728. The van der Waals surface area contributed by atoms with E-state index in [-0.39, 0.29) is 12.5 Å². The van der Waals surface area contributed by atoms with Crippen molar-refractivity contribution in [2.45, 2.75) is 25.8 Å². The van der Waals surface area contributed by atoms with Gasteiger partial charge in [0, 0.05) is 12.1 Å². The third kappa shape index (κ3) is 4.11. The highest BCUT2D eigenvalue weighted by Crippen LogP contribution is 2.33. The molecule has 0 saturated carbocycles. The maximum Gasteiger partial charge on any atom is 0.255 e. The topological polar surface area (TPSA) is 67.8 Å². The van der Waals surface area contributed by atoms with E-state index in [0.29, 0.717) is 28.0 Å². The smallest absolute Gasteiger partial charge is 0.255 e. The van der Waals surface area contributed by atoms with Crippen LogP contribution in [-0.2, 0) is 0 Å². The Morgan fingerprint density at radius 3 is 2.50 bits per heavy atom. The number of hydrogen-bond acceptors (Lipinski definition) is 4. The molecule has 0 saturated heterocycles. The van der Waals surface area contributed by atoms with E-state index in [1.165, 1.54) is 14.2 Å². The molecule has 0 aliphatic heterocycles. The van der Waals surface area contributed by atoms with Crippen LogP contribution in [0.4, 0.5) is 0 Å². The molecule has 1 aromatic carbocycles. The molecule has 0 fully saturated rings. The van der Waals surface area contributed by atoms with Gasteiger partial charge < -0.3 is 19.9 Å². The minimum absolute atomic E-state index is 0.00617. The van der Waals surface area contributed by atoms with Crippen molar-refractivity contribution in [2.75, 3.05) is 20.8 Å². The van der Waals surface area contributed by atoms with Crippen molar-refractivity contribution in [1.29, 1.82) is 0 Å². The van der Waals surface area contributed by atoms with Gasteiger partial charge in [-0.3, -0.25) is 4.79 Å². The van der Waals surface area contributed by atoms with Crippen LogP contribution in [0.25, 0.3) is 0 Å². The summed E-state index contributed by atoms with van der Waals surface area (Å²) >= 11 is 3.35. The van der Waals surface area contributed by atoms with Crippen molar-refractivity contribution in [2.24, 2.45) is 0 Å². The molecule has 5 nitrogen and oxygen atoms in total. The predicted molar refractivity (Wildman–Crippen MR) is 80.5 cm³/mol. The van der Waals surface area contributed by atoms with Gasteiger partial charge in [-0.2, -0.15) is 0 Å². The fraction of sp³-hybridized carbons (Fsp3) is 0.500. The first-order valence-electron chi connectivity index (χ1n) is 6.19. The summed E-state index contributed by atoms with van der Waals surface area (Å²) in [5.41, 5.74) is -0.128. The lowest BCUT2D eigenvalue weighted by atomic mass is 10.0. The average molecular weight is 346 g/mol. The summed E-state index contributed by atoms with van der Waals surface area (Å²) in [4.78, 5) is 12.4. The van der Waals surface area contributed by atoms with Gasteiger partial charge in [0.25, 0.3) is 5.91 Å². The van der Waals surface area contributed by atoms with Gasteiger partial charge in [0.1, 0.15) is 11.5 Å². The number of aliphatic hydroxyl groups is 1. The maximum atomic E-state index is 12.4. The third-order valence-electron chi connectivity index (χ3n) is 2.89. The molecule has 0 bridgehead atoms.